The number of hydrogen-bond donors (Lipinski definition) is 3. The summed E-state index contributed by atoms with van der Waals surface area (Å²) in [4.78, 5) is 29.3. The summed E-state index contributed by atoms with van der Waals surface area (Å²) in [5.74, 6) is 8.09. The van der Waals surface area contributed by atoms with E-state index in [1.807, 2.05) is 86.6 Å². The van der Waals surface area contributed by atoms with Gasteiger partial charge < -0.3 is 49.0 Å². The van der Waals surface area contributed by atoms with E-state index in [1.54, 1.807) is 70.0 Å². The Morgan fingerprint density at radius 1 is 0.916 bits per heavy atom. The number of anilines is 4. The largest absolute Gasteiger partial charge is 0.494 e. The van der Waals surface area contributed by atoms with Crippen molar-refractivity contribution in [1.82, 2.24) is 4.31 Å². The lowest BCUT2D eigenvalue weighted by molar-refractivity contribution is -0.143. The Morgan fingerprint density at radius 3 is 2.12 bits per heavy atom. The average Bonchev–Trinajstić information content (AvgIpc) is 3.72. The van der Waals surface area contributed by atoms with Crippen molar-refractivity contribution in [2.24, 2.45) is 5.84 Å². The van der Waals surface area contributed by atoms with Crippen molar-refractivity contribution in [3.63, 3.8) is 0 Å². The molecule has 14 nitrogen and oxygen atoms in total. The third-order valence-electron chi connectivity index (χ3n) is 13.4. The van der Waals surface area contributed by atoms with Gasteiger partial charge in [0.2, 0.25) is 0 Å². The number of esters is 1. The molecule has 444 valence electrons. The van der Waals surface area contributed by atoms with Gasteiger partial charge in [-0.3, -0.25) is 4.79 Å². The number of carbonyl (C=O) groups excluding carboxylic acids is 2. The van der Waals surface area contributed by atoms with E-state index >= 15 is 0 Å². The fourth-order valence-electron chi connectivity index (χ4n) is 9.24. The minimum absolute atomic E-state index is 0.0864. The first kappa shape index (κ1) is 67.1. The van der Waals surface area contributed by atoms with Crippen LogP contribution >= 0.6 is 44.9 Å². The van der Waals surface area contributed by atoms with Crippen LogP contribution in [0.3, 0.4) is 0 Å². The van der Waals surface area contributed by atoms with Crippen LogP contribution in [0.5, 0.6) is 23.0 Å². The third kappa shape index (κ3) is 17.7. The Balaban J connectivity index is 0.00000308. The molecule has 3 unspecified atom stereocenters. The number of nitrogen functional groups attached to an aromatic ring is 1. The summed E-state index contributed by atoms with van der Waals surface area (Å²) in [6, 6.07) is 36.0. The normalized spacial score (nSPS) is 13.4. The number of methoxy groups -OCH3 is 1. The van der Waals surface area contributed by atoms with Crippen LogP contribution in [0.2, 0.25) is 0 Å². The van der Waals surface area contributed by atoms with Crippen LogP contribution in [0.4, 0.5) is 35.9 Å². The number of hydrazine groups is 1. The lowest BCUT2D eigenvalue weighted by Gasteiger charge is -2.39. The van der Waals surface area contributed by atoms with Gasteiger partial charge in [-0.1, -0.05) is 64.8 Å². The fraction of sp³-hybridized carbons (Fsp3) is 0.355. The second-order valence-electron chi connectivity index (χ2n) is 19.7. The summed E-state index contributed by atoms with van der Waals surface area (Å²) in [5.41, 5.74) is 11.2. The Bertz CT molecular complexity index is 3190. The molecule has 0 amide bonds. The predicted molar refractivity (Wildman–Crippen MR) is 339 cm³/mol. The van der Waals surface area contributed by atoms with Crippen LogP contribution in [-0.4, -0.2) is 80.9 Å². The highest BCUT2D eigenvalue weighted by Gasteiger charge is 2.36. The van der Waals surface area contributed by atoms with Gasteiger partial charge in [0.25, 0.3) is 0 Å². The van der Waals surface area contributed by atoms with Gasteiger partial charge in [0.05, 0.1) is 66.7 Å². The van der Waals surface area contributed by atoms with Gasteiger partial charge in [-0.2, -0.15) is 30.7 Å². The lowest BCUT2D eigenvalue weighted by atomic mass is 9.86. The number of halogens is 3. The minimum atomic E-state index is -4.75. The van der Waals surface area contributed by atoms with Crippen LogP contribution < -0.4 is 45.3 Å². The van der Waals surface area contributed by atoms with E-state index in [9.17, 15) is 28.0 Å². The van der Waals surface area contributed by atoms with Gasteiger partial charge in [-0.25, -0.2) is 10.1 Å². The van der Waals surface area contributed by atoms with E-state index in [2.05, 4.69) is 51.0 Å². The van der Waals surface area contributed by atoms with Crippen molar-refractivity contribution in [1.29, 1.82) is 5.26 Å². The molecule has 7 rings (SSSR count). The molecule has 6 aromatic rings. The standard InChI is InChI=1S/C60H66F3N7O7S2.C2H6.H3PS/c1-9-74-56(72)33-50(44-29-52(65)57(68(7)66)54(30-44)73-8)42-13-12-38(2)45(28-42)36-69-35-39(3)77-53-32-49(24-25-55(53)79-69)76-27-11-10-26-75-48-22-17-41(18-23-48)40-14-19-46(20-15-40)70(59(4,5)37-71)58(78)67(6)47-21-16-43(34-64)51(31-47)60(61,62)63;2*1-2/h12-25,28-32,37,39,50H,9-11,26-27,33,35-36,65-66H2,1-8H3;1-2H3;2H,1H2. The zero-order valence-corrected chi connectivity index (χ0v) is 52.3. The Labute approximate surface area is 504 Å². The first-order chi connectivity index (χ1) is 39.6. The highest BCUT2D eigenvalue weighted by molar-refractivity contribution is 8.31. The maximum Gasteiger partial charge on any atom is 0.417 e. The first-order valence-electron chi connectivity index (χ1n) is 27.0. The molecule has 0 spiro atoms. The molecule has 21 heteroatoms. The molecule has 3 atom stereocenters. The van der Waals surface area contributed by atoms with Gasteiger partial charge >= 0.3 is 12.1 Å². The van der Waals surface area contributed by atoms with Crippen molar-refractivity contribution in [2.75, 3.05) is 68.1 Å². The van der Waals surface area contributed by atoms with Gasteiger partial charge in [-0.05, 0) is 172 Å². The van der Waals surface area contributed by atoms with Crippen molar-refractivity contribution in [2.45, 2.75) is 103 Å². The lowest BCUT2D eigenvalue weighted by Crippen LogP contribution is -2.54. The number of rotatable bonds is 21. The number of aldehydes is 1. The smallest absolute Gasteiger partial charge is 0.417 e. The van der Waals surface area contributed by atoms with Crippen molar-refractivity contribution >= 4 is 85.0 Å². The number of nitriles is 1. The zero-order valence-electron chi connectivity index (χ0n) is 48.6. The van der Waals surface area contributed by atoms with Gasteiger partial charge in [-0.15, -0.1) is 0 Å². The third-order valence-corrected chi connectivity index (χ3v) is 14.9. The quantitative estimate of drug-likeness (QED) is 0.00594. The number of nitrogens with zero attached hydrogens (tertiary/aromatic N) is 5. The molecule has 1 heterocycles. The molecule has 0 saturated heterocycles. The minimum Gasteiger partial charge on any atom is -0.494 e. The summed E-state index contributed by atoms with van der Waals surface area (Å²) < 4.78 is 73.5. The predicted octanol–water partition coefficient (Wildman–Crippen LogP) is 14.0. The highest BCUT2D eigenvalue weighted by atomic mass is 32.7. The van der Waals surface area contributed by atoms with Crippen molar-refractivity contribution < 1.29 is 46.4 Å². The number of carbonyl (C=O) groups is 2. The van der Waals surface area contributed by atoms with E-state index in [4.69, 9.17) is 47.5 Å². The SMILES string of the molecule is CC.CCOC(=O)CC(c1ccc(C)c(CN2CC(C)Oc3cc(OCCCCOc4ccc(-c5ccc(N(C(=S)N(C)c6ccc(C#N)c(C(F)(F)F)c6)C(C)(C)C=O)cc5)cc4)ccc3S2)c1)c1cc(N)c(N(C)N)c(OC)c1.PS. The molecule has 0 aliphatic carbocycles. The number of aryl methyl sites for hydroxylation is 1. The molecule has 0 bridgehead atoms. The number of hydrogen-bond acceptors (Lipinski definition) is 15. The van der Waals surface area contributed by atoms with E-state index < -0.39 is 22.8 Å². The number of thiocarbonyl (C=S) groups is 1. The molecule has 83 heavy (non-hydrogen) atoms. The van der Waals surface area contributed by atoms with Gasteiger partial charge in [0, 0.05) is 50.5 Å². The number of alkyl halides is 3. The molecule has 1 aliphatic rings. The number of unbranched alkanes of at least 4 members (excludes halogenated alkanes) is 1. The average molecular weight is 1210 g/mol. The number of nitrogens with two attached hydrogens (primary N) is 2. The topological polar surface area (TPSA) is 169 Å². The number of thiol groups is 1. The van der Waals surface area contributed by atoms with Crippen molar-refractivity contribution in [3.05, 3.63) is 149 Å². The molecule has 0 aromatic heterocycles. The number of fused-ring (bicyclic) bond motifs is 1. The summed E-state index contributed by atoms with van der Waals surface area (Å²) in [6.07, 6.45) is -2.50. The maximum absolute atomic E-state index is 13.8. The van der Waals surface area contributed by atoms with Crippen LogP contribution in [-0.2, 0) is 27.0 Å². The van der Waals surface area contributed by atoms with Gasteiger partial charge in [0.1, 0.15) is 41.1 Å². The second-order valence-corrected chi connectivity index (χ2v) is 21.2. The van der Waals surface area contributed by atoms with E-state index in [0.29, 0.717) is 60.6 Å². The summed E-state index contributed by atoms with van der Waals surface area (Å²) in [5, 5.41) is 10.8. The van der Waals surface area contributed by atoms with Crippen molar-refractivity contribution in [3.8, 4) is 40.2 Å². The monoisotopic (exact) mass is 1210 g/mol. The summed E-state index contributed by atoms with van der Waals surface area (Å²) in [6.45, 7) is 15.8. The molecule has 6 aromatic carbocycles. The molecule has 0 radical (unpaired) electrons. The highest BCUT2D eigenvalue weighted by Crippen LogP contribution is 2.42. The molecular weight excluding hydrogens is 1140 g/mol. The van der Waals surface area contributed by atoms with E-state index in [-0.39, 0.29) is 41.8 Å². The Kier molecular flexibility index (Phi) is 25.3. The first-order valence-corrected chi connectivity index (χ1v) is 30.2. The second kappa shape index (κ2) is 31.3. The molecule has 0 saturated carbocycles. The van der Waals surface area contributed by atoms with E-state index in [1.165, 1.54) is 23.0 Å². The fourth-order valence-corrected chi connectivity index (χ4v) is 10.8. The van der Waals surface area contributed by atoms with Gasteiger partial charge in [0.15, 0.2) is 5.11 Å². The Hall–Kier alpha value is -6.72. The molecule has 1 aliphatic heterocycles. The molecular formula is C62H75F3N7O7PS3. The molecule has 0 fully saturated rings. The van der Waals surface area contributed by atoms with Crippen LogP contribution in [0.1, 0.15) is 100 Å². The Morgan fingerprint density at radius 2 is 1.53 bits per heavy atom. The van der Waals surface area contributed by atoms with E-state index in [0.717, 1.165) is 75.3 Å². The number of ether oxygens (including phenoxy) is 5. The van der Waals surface area contributed by atoms with Crippen LogP contribution in [0, 0.1) is 18.3 Å². The molecule has 4 N–H and O–H groups in total. The summed E-state index contributed by atoms with van der Waals surface area (Å²) >= 11 is 10.9. The van der Waals surface area contributed by atoms with Crippen LogP contribution in [0.15, 0.2) is 120 Å². The maximum atomic E-state index is 13.8. The van der Waals surface area contributed by atoms with Crippen LogP contribution in [0.25, 0.3) is 11.1 Å². The summed E-state index contributed by atoms with van der Waals surface area (Å²) in [7, 11) is 6.88. The number of benzene rings is 6. The zero-order chi connectivity index (χ0) is 61.2.